The summed E-state index contributed by atoms with van der Waals surface area (Å²) in [4.78, 5) is 10.0. The van der Waals surface area contributed by atoms with Gasteiger partial charge in [-0.1, -0.05) is 0 Å². The highest BCUT2D eigenvalue weighted by Gasteiger charge is 2.18. The molecule has 15 heavy (non-hydrogen) atoms. The number of nitrogens with zero attached hydrogens (tertiary/aromatic N) is 1. The van der Waals surface area contributed by atoms with Crippen molar-refractivity contribution in [3.63, 3.8) is 0 Å². The van der Waals surface area contributed by atoms with Gasteiger partial charge in [0.15, 0.2) is 5.82 Å². The zero-order chi connectivity index (χ0) is 11.3. The van der Waals surface area contributed by atoms with Gasteiger partial charge in [-0.2, -0.15) is 0 Å². The second kappa shape index (κ2) is 5.92. The zero-order valence-electron chi connectivity index (χ0n) is 8.46. The van der Waals surface area contributed by atoms with Gasteiger partial charge in [0.25, 0.3) is 0 Å². The monoisotopic (exact) mass is 279 g/mol. The zero-order valence-corrected chi connectivity index (χ0v) is 10.0. The van der Waals surface area contributed by atoms with E-state index in [0.717, 1.165) is 19.6 Å². The van der Waals surface area contributed by atoms with Gasteiger partial charge in [0.05, 0.1) is 11.5 Å². The fourth-order valence-electron chi connectivity index (χ4n) is 1.35. The highest BCUT2D eigenvalue weighted by Crippen LogP contribution is 2.13. The molecule has 1 unspecified atom stereocenters. The summed E-state index contributed by atoms with van der Waals surface area (Å²) in [5.74, 6) is 0.826. The van der Waals surface area contributed by atoms with E-state index < -0.39 is 4.92 Å². The predicted molar refractivity (Wildman–Crippen MR) is 58.9 cm³/mol. The third-order valence-electron chi connectivity index (χ3n) is 2.21. The van der Waals surface area contributed by atoms with Crippen LogP contribution in [0.25, 0.3) is 0 Å². The van der Waals surface area contributed by atoms with Crippen LogP contribution in [0, 0.1) is 16.0 Å². The molecule has 1 fully saturated rings. The van der Waals surface area contributed by atoms with Crippen LogP contribution >= 0.6 is 15.9 Å². The summed E-state index contributed by atoms with van der Waals surface area (Å²) in [7, 11) is 1.64. The number of ether oxygens (including phenoxy) is 1. The Morgan fingerprint density at radius 1 is 1.73 bits per heavy atom. The minimum Gasteiger partial charge on any atom is -0.381 e. The molecular weight excluding hydrogens is 266 g/mol. The molecule has 2 N–H and O–H groups in total. The van der Waals surface area contributed by atoms with Gasteiger partial charge in [-0.15, -0.1) is 0 Å². The van der Waals surface area contributed by atoms with Crippen LogP contribution in [0.4, 0.5) is 0 Å². The van der Waals surface area contributed by atoms with Crippen LogP contribution in [0.2, 0.25) is 0 Å². The van der Waals surface area contributed by atoms with E-state index in [-0.39, 0.29) is 4.61 Å². The summed E-state index contributed by atoms with van der Waals surface area (Å²) in [6.45, 7) is 2.18. The van der Waals surface area contributed by atoms with E-state index in [4.69, 9.17) is 4.74 Å². The van der Waals surface area contributed by atoms with Gasteiger partial charge >= 0.3 is 4.61 Å². The molecule has 0 radical (unpaired) electrons. The van der Waals surface area contributed by atoms with Gasteiger partial charge in [-0.25, -0.2) is 0 Å². The predicted octanol–water partition coefficient (Wildman–Crippen LogP) is 0.630. The van der Waals surface area contributed by atoms with Crippen molar-refractivity contribution in [2.45, 2.75) is 6.42 Å². The Balaban J connectivity index is 2.46. The molecule has 0 aromatic heterocycles. The Morgan fingerprint density at radius 3 is 2.93 bits per heavy atom. The molecule has 0 bridgehead atoms. The molecule has 0 saturated carbocycles. The lowest BCUT2D eigenvalue weighted by Gasteiger charge is -2.12. The number of nitro groups is 1. The molecule has 0 amide bonds. The third-order valence-corrected chi connectivity index (χ3v) is 2.89. The molecule has 6 nitrogen and oxygen atoms in total. The minimum atomic E-state index is -0.482. The molecule has 1 atom stereocenters. The van der Waals surface area contributed by atoms with E-state index >= 15 is 0 Å². The van der Waals surface area contributed by atoms with Crippen molar-refractivity contribution < 1.29 is 9.66 Å². The van der Waals surface area contributed by atoms with Crippen LogP contribution in [0.1, 0.15) is 6.42 Å². The average molecular weight is 280 g/mol. The Morgan fingerprint density at radius 2 is 2.47 bits per heavy atom. The maximum absolute atomic E-state index is 10.5. The molecule has 1 saturated heterocycles. The van der Waals surface area contributed by atoms with Crippen molar-refractivity contribution in [3.8, 4) is 0 Å². The first-order valence-electron chi connectivity index (χ1n) is 4.68. The van der Waals surface area contributed by atoms with Gasteiger partial charge in [0.1, 0.15) is 0 Å². The fourth-order valence-corrected chi connectivity index (χ4v) is 1.68. The van der Waals surface area contributed by atoms with E-state index in [0.29, 0.717) is 18.3 Å². The van der Waals surface area contributed by atoms with Crippen molar-refractivity contribution in [1.29, 1.82) is 0 Å². The maximum Gasteiger partial charge on any atom is 0.350 e. The second-order valence-corrected chi connectivity index (χ2v) is 4.03. The summed E-state index contributed by atoms with van der Waals surface area (Å²) in [6, 6.07) is 0. The van der Waals surface area contributed by atoms with Crippen LogP contribution in [0.15, 0.2) is 10.4 Å². The Labute approximate surface area is 96.3 Å². The molecular formula is C8H14BrN3O3. The topological polar surface area (TPSA) is 76.4 Å². The SMILES string of the molecule is CNC(NCC1CCOC1)=C(Br)[N+](=O)[O-]. The lowest BCUT2D eigenvalue weighted by atomic mass is 10.1. The van der Waals surface area contributed by atoms with Gasteiger partial charge in [-0.3, -0.25) is 10.1 Å². The quantitative estimate of drug-likeness (QED) is 0.439. The lowest BCUT2D eigenvalue weighted by Crippen LogP contribution is -2.30. The van der Waals surface area contributed by atoms with E-state index in [1.165, 1.54) is 0 Å². The first kappa shape index (κ1) is 12.3. The average Bonchev–Trinajstić information content (AvgIpc) is 2.71. The normalized spacial score (nSPS) is 22.1. The van der Waals surface area contributed by atoms with Crippen molar-refractivity contribution in [2.75, 3.05) is 26.8 Å². The summed E-state index contributed by atoms with van der Waals surface area (Å²) in [5, 5.41) is 16.2. The number of halogens is 1. The Hall–Kier alpha value is -0.820. The van der Waals surface area contributed by atoms with Crippen LogP contribution in [0.5, 0.6) is 0 Å². The number of hydrogen-bond donors (Lipinski definition) is 2. The number of hydrogen-bond acceptors (Lipinski definition) is 5. The summed E-state index contributed by atoms with van der Waals surface area (Å²) in [5.41, 5.74) is 0. The Bertz CT molecular complexity index is 264. The highest BCUT2D eigenvalue weighted by molar-refractivity contribution is 9.11. The second-order valence-electron chi connectivity index (χ2n) is 3.28. The molecule has 0 aromatic carbocycles. The Kier molecular flexibility index (Phi) is 4.83. The summed E-state index contributed by atoms with van der Waals surface area (Å²) >= 11 is 2.90. The summed E-state index contributed by atoms with van der Waals surface area (Å²) in [6.07, 6.45) is 1.00. The smallest absolute Gasteiger partial charge is 0.350 e. The third kappa shape index (κ3) is 3.67. The molecule has 1 aliphatic rings. The van der Waals surface area contributed by atoms with Gasteiger partial charge in [-0.05, 0) is 6.42 Å². The van der Waals surface area contributed by atoms with E-state index in [2.05, 4.69) is 26.6 Å². The fraction of sp³-hybridized carbons (Fsp3) is 0.750. The van der Waals surface area contributed by atoms with Crippen molar-refractivity contribution in [3.05, 3.63) is 20.5 Å². The van der Waals surface area contributed by atoms with Crippen molar-refractivity contribution >= 4 is 15.9 Å². The van der Waals surface area contributed by atoms with Crippen molar-refractivity contribution in [1.82, 2.24) is 10.6 Å². The van der Waals surface area contributed by atoms with E-state index in [1.807, 2.05) is 0 Å². The standard InChI is InChI=1S/C8H14BrN3O3/c1-10-8(7(9)12(13)14)11-4-6-2-3-15-5-6/h6,10-11H,2-5H2,1H3. The number of nitrogens with one attached hydrogen (secondary N) is 2. The van der Waals surface area contributed by atoms with Crippen LogP contribution in [-0.4, -0.2) is 31.7 Å². The van der Waals surface area contributed by atoms with E-state index in [1.54, 1.807) is 7.05 Å². The molecule has 0 aliphatic carbocycles. The minimum absolute atomic E-state index is 0.0797. The molecule has 0 spiro atoms. The van der Waals surface area contributed by atoms with Crippen LogP contribution in [-0.2, 0) is 4.74 Å². The molecule has 1 aliphatic heterocycles. The van der Waals surface area contributed by atoms with Gasteiger partial charge in [0.2, 0.25) is 0 Å². The van der Waals surface area contributed by atoms with E-state index in [9.17, 15) is 10.1 Å². The largest absolute Gasteiger partial charge is 0.381 e. The maximum atomic E-state index is 10.5. The molecule has 1 heterocycles. The highest BCUT2D eigenvalue weighted by atomic mass is 79.9. The van der Waals surface area contributed by atoms with Gasteiger partial charge < -0.3 is 15.4 Å². The van der Waals surface area contributed by atoms with Crippen LogP contribution < -0.4 is 10.6 Å². The number of rotatable bonds is 5. The molecule has 86 valence electrons. The molecule has 7 heteroatoms. The van der Waals surface area contributed by atoms with Crippen LogP contribution in [0.3, 0.4) is 0 Å². The first-order valence-corrected chi connectivity index (χ1v) is 5.48. The first-order chi connectivity index (χ1) is 7.15. The molecule has 0 aromatic rings. The van der Waals surface area contributed by atoms with Gasteiger partial charge in [0, 0.05) is 42.0 Å². The summed E-state index contributed by atoms with van der Waals surface area (Å²) < 4.78 is 5.13. The van der Waals surface area contributed by atoms with Crippen molar-refractivity contribution in [2.24, 2.45) is 5.92 Å². The lowest BCUT2D eigenvalue weighted by molar-refractivity contribution is -0.410. The molecule has 1 rings (SSSR count).